The maximum Gasteiger partial charge on any atom is 0.305 e. The molecule has 0 unspecified atom stereocenters. The molecule has 2 amide bonds. The molecule has 108 valence electrons. The minimum absolute atomic E-state index is 0.224. The number of carbonyl (C=O) groups is 3. The van der Waals surface area contributed by atoms with Crippen LogP contribution in [0.3, 0.4) is 0 Å². The molecule has 7 nitrogen and oxygen atoms in total. The van der Waals surface area contributed by atoms with Gasteiger partial charge < -0.3 is 21.9 Å². The Hall–Kier alpha value is -2.41. The molecule has 1 rings (SSSR count). The second-order valence-electron chi connectivity index (χ2n) is 4.36. The number of primary amides is 1. The van der Waals surface area contributed by atoms with Gasteiger partial charge in [0.05, 0.1) is 12.5 Å². The van der Waals surface area contributed by atoms with Gasteiger partial charge >= 0.3 is 5.97 Å². The minimum Gasteiger partial charge on any atom is -0.481 e. The number of carboxylic acids is 1. The molecule has 0 heterocycles. The average Bonchev–Trinajstić information content (AvgIpc) is 2.38. The SMILES string of the molecule is NC(=O)[C@H](Cc1ccccc1)NC(=O)[C@H](N)CC(=O)O. The van der Waals surface area contributed by atoms with E-state index in [1.165, 1.54) is 0 Å². The first kappa shape index (κ1) is 15.6. The number of amides is 2. The summed E-state index contributed by atoms with van der Waals surface area (Å²) < 4.78 is 0. The monoisotopic (exact) mass is 279 g/mol. The number of aliphatic carboxylic acids is 1. The second kappa shape index (κ2) is 7.25. The third-order valence-corrected chi connectivity index (χ3v) is 2.67. The molecule has 1 aromatic rings. The Labute approximate surface area is 115 Å². The number of benzene rings is 1. The minimum atomic E-state index is -1.22. The highest BCUT2D eigenvalue weighted by molar-refractivity contribution is 5.90. The number of nitrogens with one attached hydrogen (secondary N) is 1. The molecule has 0 bridgehead atoms. The zero-order chi connectivity index (χ0) is 15.1. The lowest BCUT2D eigenvalue weighted by molar-refractivity contribution is -0.139. The first-order chi connectivity index (χ1) is 9.40. The van der Waals surface area contributed by atoms with Gasteiger partial charge in [0.2, 0.25) is 11.8 Å². The molecule has 20 heavy (non-hydrogen) atoms. The van der Waals surface area contributed by atoms with Crippen molar-refractivity contribution >= 4 is 17.8 Å². The Balaban J connectivity index is 2.66. The van der Waals surface area contributed by atoms with Crippen LogP contribution in [0.5, 0.6) is 0 Å². The molecule has 1 aromatic carbocycles. The molecule has 0 fully saturated rings. The molecule has 0 saturated carbocycles. The van der Waals surface area contributed by atoms with Gasteiger partial charge in [-0.2, -0.15) is 0 Å². The Bertz CT molecular complexity index is 490. The van der Waals surface area contributed by atoms with E-state index in [1.54, 1.807) is 24.3 Å². The van der Waals surface area contributed by atoms with Crippen LogP contribution in [-0.4, -0.2) is 35.0 Å². The number of hydrogen-bond donors (Lipinski definition) is 4. The first-order valence-corrected chi connectivity index (χ1v) is 6.01. The number of rotatable bonds is 7. The van der Waals surface area contributed by atoms with Crippen LogP contribution in [0.2, 0.25) is 0 Å². The van der Waals surface area contributed by atoms with Crippen LogP contribution >= 0.6 is 0 Å². The Morgan fingerprint density at radius 3 is 2.30 bits per heavy atom. The lowest BCUT2D eigenvalue weighted by Gasteiger charge is -2.18. The molecule has 2 atom stereocenters. The van der Waals surface area contributed by atoms with Crippen LogP contribution in [0.15, 0.2) is 30.3 Å². The maximum absolute atomic E-state index is 11.7. The van der Waals surface area contributed by atoms with E-state index in [0.717, 1.165) is 5.56 Å². The third kappa shape index (κ3) is 5.07. The van der Waals surface area contributed by atoms with Crippen molar-refractivity contribution in [1.82, 2.24) is 5.32 Å². The zero-order valence-corrected chi connectivity index (χ0v) is 10.8. The number of carboxylic acid groups (broad SMARTS) is 1. The molecule has 0 saturated heterocycles. The Morgan fingerprint density at radius 1 is 1.20 bits per heavy atom. The van der Waals surface area contributed by atoms with Gasteiger partial charge in [0.1, 0.15) is 6.04 Å². The van der Waals surface area contributed by atoms with Crippen molar-refractivity contribution in [2.45, 2.75) is 24.9 Å². The van der Waals surface area contributed by atoms with Gasteiger partial charge in [-0.05, 0) is 5.56 Å². The molecule has 0 spiro atoms. The molecule has 0 radical (unpaired) electrons. The van der Waals surface area contributed by atoms with Crippen molar-refractivity contribution in [3.63, 3.8) is 0 Å². The van der Waals surface area contributed by atoms with Crippen molar-refractivity contribution < 1.29 is 19.5 Å². The maximum atomic E-state index is 11.7. The summed E-state index contributed by atoms with van der Waals surface area (Å²) in [6.45, 7) is 0. The summed E-state index contributed by atoms with van der Waals surface area (Å²) in [7, 11) is 0. The van der Waals surface area contributed by atoms with Crippen molar-refractivity contribution in [3.8, 4) is 0 Å². The van der Waals surface area contributed by atoms with Crippen molar-refractivity contribution in [2.75, 3.05) is 0 Å². The average molecular weight is 279 g/mol. The van der Waals surface area contributed by atoms with Gasteiger partial charge in [0, 0.05) is 6.42 Å². The lowest BCUT2D eigenvalue weighted by atomic mass is 10.0. The Morgan fingerprint density at radius 2 is 1.80 bits per heavy atom. The molecule has 6 N–H and O–H groups in total. The van der Waals surface area contributed by atoms with E-state index in [0.29, 0.717) is 0 Å². The number of hydrogen-bond acceptors (Lipinski definition) is 4. The molecule has 0 aromatic heterocycles. The van der Waals surface area contributed by atoms with Crippen molar-refractivity contribution in [3.05, 3.63) is 35.9 Å². The standard InChI is InChI=1S/C13H17N3O4/c14-9(7-11(17)18)13(20)16-10(12(15)19)6-8-4-2-1-3-5-8/h1-5,9-10H,6-7,14H2,(H2,15,19)(H,16,20)(H,17,18)/t9-,10+/m1/s1. The number of nitrogens with two attached hydrogens (primary N) is 2. The second-order valence-corrected chi connectivity index (χ2v) is 4.36. The van der Waals surface area contributed by atoms with E-state index in [9.17, 15) is 14.4 Å². The number of carbonyl (C=O) groups excluding carboxylic acids is 2. The van der Waals surface area contributed by atoms with Crippen molar-refractivity contribution in [1.29, 1.82) is 0 Å². The topological polar surface area (TPSA) is 136 Å². The Kier molecular flexibility index (Phi) is 5.67. The summed E-state index contributed by atoms with van der Waals surface area (Å²) in [5.74, 6) is -2.61. The van der Waals surface area contributed by atoms with E-state index in [-0.39, 0.29) is 6.42 Å². The van der Waals surface area contributed by atoms with Gasteiger partial charge in [0.15, 0.2) is 0 Å². The van der Waals surface area contributed by atoms with Crippen molar-refractivity contribution in [2.24, 2.45) is 11.5 Å². The largest absolute Gasteiger partial charge is 0.481 e. The summed E-state index contributed by atoms with van der Waals surface area (Å²) in [4.78, 5) is 33.5. The fraction of sp³-hybridized carbons (Fsp3) is 0.308. The summed E-state index contributed by atoms with van der Waals surface area (Å²) in [5, 5.41) is 10.9. The highest BCUT2D eigenvalue weighted by Gasteiger charge is 2.23. The van der Waals surface area contributed by atoms with Gasteiger partial charge in [-0.3, -0.25) is 14.4 Å². The van der Waals surface area contributed by atoms with Crippen LogP contribution in [-0.2, 0) is 20.8 Å². The van der Waals surface area contributed by atoms with E-state index in [4.69, 9.17) is 16.6 Å². The fourth-order valence-corrected chi connectivity index (χ4v) is 1.63. The van der Waals surface area contributed by atoms with Crippen LogP contribution in [0.4, 0.5) is 0 Å². The summed E-state index contributed by atoms with van der Waals surface area (Å²) in [6.07, 6.45) is -0.287. The normalized spacial score (nSPS) is 13.2. The smallest absolute Gasteiger partial charge is 0.305 e. The highest BCUT2D eigenvalue weighted by Crippen LogP contribution is 2.03. The lowest BCUT2D eigenvalue weighted by Crippen LogP contribution is -2.51. The molecule has 0 aliphatic heterocycles. The molecule has 0 aliphatic rings. The summed E-state index contributed by atoms with van der Waals surface area (Å²) in [6, 6.07) is 6.86. The van der Waals surface area contributed by atoms with Gasteiger partial charge in [-0.1, -0.05) is 30.3 Å². The molecule has 7 heteroatoms. The molecular weight excluding hydrogens is 262 g/mol. The van der Waals surface area contributed by atoms with Crippen LogP contribution < -0.4 is 16.8 Å². The van der Waals surface area contributed by atoms with Gasteiger partial charge in [-0.25, -0.2) is 0 Å². The van der Waals surface area contributed by atoms with Crippen LogP contribution in [0.1, 0.15) is 12.0 Å². The predicted molar refractivity (Wildman–Crippen MR) is 71.5 cm³/mol. The highest BCUT2D eigenvalue weighted by atomic mass is 16.4. The van der Waals surface area contributed by atoms with E-state index < -0.39 is 36.3 Å². The van der Waals surface area contributed by atoms with Gasteiger partial charge in [0.25, 0.3) is 0 Å². The summed E-state index contributed by atoms with van der Waals surface area (Å²) in [5.41, 5.74) is 11.5. The third-order valence-electron chi connectivity index (χ3n) is 2.67. The quantitative estimate of drug-likeness (QED) is 0.507. The van der Waals surface area contributed by atoms with Gasteiger partial charge in [-0.15, -0.1) is 0 Å². The predicted octanol–water partition coefficient (Wildman–Crippen LogP) is -0.999. The van der Waals surface area contributed by atoms with E-state index in [1.807, 2.05) is 6.07 Å². The summed E-state index contributed by atoms with van der Waals surface area (Å²) >= 11 is 0. The zero-order valence-electron chi connectivity index (χ0n) is 10.8. The molecular formula is C13H17N3O4. The van der Waals surface area contributed by atoms with Crippen LogP contribution in [0.25, 0.3) is 0 Å². The molecule has 0 aliphatic carbocycles. The van der Waals surface area contributed by atoms with E-state index >= 15 is 0 Å². The van der Waals surface area contributed by atoms with E-state index in [2.05, 4.69) is 5.32 Å². The first-order valence-electron chi connectivity index (χ1n) is 6.01. The van der Waals surface area contributed by atoms with Crippen LogP contribution in [0, 0.1) is 0 Å². The fourth-order valence-electron chi connectivity index (χ4n) is 1.63.